The highest BCUT2D eigenvalue weighted by atomic mass is 16.7. The van der Waals surface area contributed by atoms with Crippen molar-refractivity contribution in [3.8, 4) is 0 Å². The molecule has 0 saturated carbocycles. The summed E-state index contributed by atoms with van der Waals surface area (Å²) < 4.78 is 15.9. The zero-order valence-electron chi connectivity index (χ0n) is 13.0. The van der Waals surface area contributed by atoms with Crippen LogP contribution in [0.1, 0.15) is 32.4 Å². The second-order valence-corrected chi connectivity index (χ2v) is 4.84. The van der Waals surface area contributed by atoms with E-state index in [0.717, 1.165) is 10.5 Å². The maximum absolute atomic E-state index is 12.2. The fourth-order valence-electron chi connectivity index (χ4n) is 2.45. The molecular formula is C16H21NO5. The smallest absolute Gasteiger partial charge is 0.417 e. The summed E-state index contributed by atoms with van der Waals surface area (Å²) in [5.74, 6) is -0.404. The summed E-state index contributed by atoms with van der Waals surface area (Å²) in [5, 5.41) is 0. The molecule has 0 spiro atoms. The van der Waals surface area contributed by atoms with Gasteiger partial charge in [0.2, 0.25) is 0 Å². The van der Waals surface area contributed by atoms with Crippen molar-refractivity contribution in [1.82, 2.24) is 4.90 Å². The second kappa shape index (κ2) is 7.38. The van der Waals surface area contributed by atoms with Gasteiger partial charge in [-0.2, -0.15) is 0 Å². The Labute approximate surface area is 129 Å². The number of likely N-dealkylation sites (tertiary alicyclic amines) is 1. The maximum Gasteiger partial charge on any atom is 0.417 e. The predicted octanol–water partition coefficient (Wildman–Crippen LogP) is 2.49. The van der Waals surface area contributed by atoms with Crippen LogP contribution in [0.2, 0.25) is 0 Å². The van der Waals surface area contributed by atoms with Gasteiger partial charge in [-0.3, -0.25) is 4.79 Å². The normalized spacial score (nSPS) is 22.1. The molecule has 0 N–H and O–H groups in total. The Bertz CT molecular complexity index is 519. The van der Waals surface area contributed by atoms with Crippen LogP contribution >= 0.6 is 0 Å². The van der Waals surface area contributed by atoms with Gasteiger partial charge in [0.05, 0.1) is 6.61 Å². The average molecular weight is 307 g/mol. The molecule has 1 aliphatic heterocycles. The molecule has 6 heteroatoms. The highest BCUT2D eigenvalue weighted by Crippen LogP contribution is 2.38. The zero-order valence-corrected chi connectivity index (χ0v) is 13.0. The molecule has 1 fully saturated rings. The van der Waals surface area contributed by atoms with Crippen molar-refractivity contribution in [2.75, 3.05) is 13.2 Å². The predicted molar refractivity (Wildman–Crippen MR) is 79.0 cm³/mol. The first kappa shape index (κ1) is 16.5. The Morgan fingerprint density at radius 2 is 1.91 bits per heavy atom. The van der Waals surface area contributed by atoms with Gasteiger partial charge < -0.3 is 14.2 Å². The quantitative estimate of drug-likeness (QED) is 0.597. The van der Waals surface area contributed by atoms with E-state index in [1.165, 1.54) is 0 Å². The molecule has 3 atom stereocenters. The molecule has 0 aliphatic carbocycles. The number of imide groups is 1. The molecule has 2 amide bonds. The van der Waals surface area contributed by atoms with Gasteiger partial charge >= 0.3 is 6.09 Å². The minimum Gasteiger partial charge on any atom is -0.449 e. The highest BCUT2D eigenvalue weighted by Gasteiger charge is 2.53. The number of rotatable bonds is 6. The molecule has 6 nitrogen and oxygen atoms in total. The van der Waals surface area contributed by atoms with Gasteiger partial charge in [-0.15, -0.1) is 0 Å². The lowest BCUT2D eigenvalue weighted by Gasteiger charge is -2.45. The average Bonchev–Trinajstić information content (AvgIpc) is 2.51. The van der Waals surface area contributed by atoms with E-state index in [1.807, 2.05) is 37.3 Å². The van der Waals surface area contributed by atoms with Gasteiger partial charge in [-0.25, -0.2) is 9.69 Å². The van der Waals surface area contributed by atoms with Crippen LogP contribution in [0.5, 0.6) is 0 Å². The largest absolute Gasteiger partial charge is 0.449 e. The van der Waals surface area contributed by atoms with Crippen LogP contribution in [0.15, 0.2) is 30.3 Å². The Kier molecular flexibility index (Phi) is 5.51. The summed E-state index contributed by atoms with van der Waals surface area (Å²) in [6, 6.07) is 8.79. The lowest BCUT2D eigenvalue weighted by atomic mass is 9.91. The highest BCUT2D eigenvalue weighted by molar-refractivity contribution is 6.01. The standard InChI is InChI=1S/C16H21NO5/c1-4-20-11(3)22-14-13(12-9-7-6-8-10-12)17(15(14)18)16(19)21-5-2/h6-11,13-14H,4-5H2,1-3H3/t11?,13-,14+/m0/s1. The molecule has 120 valence electrons. The third-order valence-electron chi connectivity index (χ3n) is 3.39. The van der Waals surface area contributed by atoms with E-state index < -0.39 is 30.4 Å². The lowest BCUT2D eigenvalue weighted by molar-refractivity contribution is -0.210. The van der Waals surface area contributed by atoms with Gasteiger partial charge in [-0.1, -0.05) is 30.3 Å². The van der Waals surface area contributed by atoms with E-state index in [2.05, 4.69) is 0 Å². The SMILES string of the molecule is CCOC(=O)N1C(=O)[C@H](OC(C)OCC)[C@@H]1c1ccccc1. The van der Waals surface area contributed by atoms with Gasteiger partial charge in [0.15, 0.2) is 12.4 Å². The van der Waals surface area contributed by atoms with Crippen LogP contribution in [-0.2, 0) is 19.0 Å². The lowest BCUT2D eigenvalue weighted by Crippen LogP contribution is -2.62. The number of hydrogen-bond acceptors (Lipinski definition) is 5. The molecule has 1 aromatic rings. The molecular weight excluding hydrogens is 286 g/mol. The number of hydrogen-bond donors (Lipinski definition) is 0. The van der Waals surface area contributed by atoms with Crippen molar-refractivity contribution in [2.45, 2.75) is 39.2 Å². The Hall–Kier alpha value is -1.92. The van der Waals surface area contributed by atoms with E-state index in [9.17, 15) is 9.59 Å². The molecule has 2 rings (SSSR count). The number of benzene rings is 1. The first-order valence-corrected chi connectivity index (χ1v) is 7.42. The molecule has 0 aromatic heterocycles. The molecule has 0 radical (unpaired) electrons. The summed E-state index contributed by atoms with van der Waals surface area (Å²) in [4.78, 5) is 25.3. The van der Waals surface area contributed by atoms with E-state index in [4.69, 9.17) is 14.2 Å². The van der Waals surface area contributed by atoms with Crippen LogP contribution in [0.4, 0.5) is 4.79 Å². The van der Waals surface area contributed by atoms with E-state index in [1.54, 1.807) is 13.8 Å². The van der Waals surface area contributed by atoms with Crippen molar-refractivity contribution < 1.29 is 23.8 Å². The van der Waals surface area contributed by atoms with Crippen LogP contribution in [0.25, 0.3) is 0 Å². The third kappa shape index (κ3) is 3.28. The topological polar surface area (TPSA) is 65.1 Å². The Balaban J connectivity index is 2.19. The van der Waals surface area contributed by atoms with E-state index >= 15 is 0 Å². The van der Waals surface area contributed by atoms with Crippen molar-refractivity contribution in [1.29, 1.82) is 0 Å². The second-order valence-electron chi connectivity index (χ2n) is 4.84. The van der Waals surface area contributed by atoms with Crippen molar-refractivity contribution >= 4 is 12.0 Å². The van der Waals surface area contributed by atoms with Crippen LogP contribution < -0.4 is 0 Å². The minimum absolute atomic E-state index is 0.213. The summed E-state index contributed by atoms with van der Waals surface area (Å²) in [6.07, 6.45) is -1.91. The van der Waals surface area contributed by atoms with Gasteiger partial charge in [-0.05, 0) is 26.3 Å². The fraction of sp³-hybridized carbons (Fsp3) is 0.500. The summed E-state index contributed by atoms with van der Waals surface area (Å²) >= 11 is 0. The summed E-state index contributed by atoms with van der Waals surface area (Å²) in [7, 11) is 0. The fourth-order valence-corrected chi connectivity index (χ4v) is 2.45. The summed E-state index contributed by atoms with van der Waals surface area (Å²) in [6.45, 7) is 5.98. The van der Waals surface area contributed by atoms with Crippen molar-refractivity contribution in [3.63, 3.8) is 0 Å². The van der Waals surface area contributed by atoms with Crippen LogP contribution in [0.3, 0.4) is 0 Å². The van der Waals surface area contributed by atoms with Gasteiger partial charge in [0.25, 0.3) is 5.91 Å². The van der Waals surface area contributed by atoms with Crippen molar-refractivity contribution in [2.24, 2.45) is 0 Å². The van der Waals surface area contributed by atoms with E-state index in [0.29, 0.717) is 6.61 Å². The minimum atomic E-state index is -0.742. The molecule has 1 aromatic carbocycles. The number of carbonyl (C=O) groups is 2. The Morgan fingerprint density at radius 1 is 1.23 bits per heavy atom. The van der Waals surface area contributed by atoms with Crippen LogP contribution in [0, 0.1) is 0 Å². The maximum atomic E-state index is 12.2. The first-order chi connectivity index (χ1) is 10.6. The number of ether oxygens (including phenoxy) is 3. The molecule has 1 unspecified atom stereocenters. The van der Waals surface area contributed by atoms with E-state index in [-0.39, 0.29) is 6.61 Å². The Morgan fingerprint density at radius 3 is 2.50 bits per heavy atom. The molecule has 0 bridgehead atoms. The van der Waals surface area contributed by atoms with Crippen molar-refractivity contribution in [3.05, 3.63) is 35.9 Å². The zero-order chi connectivity index (χ0) is 16.1. The molecule has 1 heterocycles. The van der Waals surface area contributed by atoms with Crippen LogP contribution in [-0.4, -0.2) is 42.5 Å². The molecule has 1 aliphatic rings. The monoisotopic (exact) mass is 307 g/mol. The number of β-lactam (4-membered cyclic amide) rings is 1. The number of nitrogens with zero attached hydrogens (tertiary/aromatic N) is 1. The van der Waals surface area contributed by atoms with Gasteiger partial charge in [0, 0.05) is 6.61 Å². The number of carbonyl (C=O) groups excluding carboxylic acids is 2. The first-order valence-electron chi connectivity index (χ1n) is 7.42. The third-order valence-corrected chi connectivity index (χ3v) is 3.39. The van der Waals surface area contributed by atoms with Gasteiger partial charge in [0.1, 0.15) is 6.04 Å². The summed E-state index contributed by atoms with van der Waals surface area (Å²) in [5.41, 5.74) is 0.823. The molecule has 22 heavy (non-hydrogen) atoms. The molecule has 1 saturated heterocycles. The number of amides is 2.